The van der Waals surface area contributed by atoms with E-state index >= 15 is 0 Å². The van der Waals surface area contributed by atoms with Crippen molar-refractivity contribution in [3.8, 4) is 11.5 Å². The zero-order valence-corrected chi connectivity index (χ0v) is 16.2. The molecule has 0 heterocycles. The number of benzene rings is 1. The molecule has 4 rings (SSSR count). The van der Waals surface area contributed by atoms with Crippen LogP contribution in [0.1, 0.15) is 56.4 Å². The van der Waals surface area contributed by atoms with Crippen molar-refractivity contribution in [2.75, 3.05) is 14.2 Å². The van der Waals surface area contributed by atoms with Crippen LogP contribution in [0.2, 0.25) is 0 Å². The number of allylic oxidation sites excluding steroid dienone is 1. The summed E-state index contributed by atoms with van der Waals surface area (Å²) in [5, 5.41) is 0. The normalized spacial score (nSPS) is 27.3. The first-order valence-electron chi connectivity index (χ1n) is 10.1. The second kappa shape index (κ2) is 7.93. The molecule has 1 amide bonds. The first-order valence-corrected chi connectivity index (χ1v) is 10.1. The number of carbonyl (C=O) groups excluding carboxylic acids is 1. The molecule has 0 aromatic heterocycles. The van der Waals surface area contributed by atoms with Gasteiger partial charge in [-0.1, -0.05) is 12.1 Å². The summed E-state index contributed by atoms with van der Waals surface area (Å²) in [6, 6.07) is 6.40. The molecule has 0 spiro atoms. The summed E-state index contributed by atoms with van der Waals surface area (Å²) in [7, 11) is 3.17. The number of fused-ring (bicyclic) bond motifs is 1. The molecule has 2 fully saturated rings. The van der Waals surface area contributed by atoms with E-state index in [0.717, 1.165) is 49.2 Å². The third kappa shape index (κ3) is 3.84. The molecule has 1 aromatic rings. The van der Waals surface area contributed by atoms with E-state index < -0.39 is 0 Å². The Labute approximate surface area is 161 Å². The van der Waals surface area contributed by atoms with Gasteiger partial charge in [0.2, 0.25) is 0 Å². The minimum Gasteiger partial charge on any atom is -0.493 e. The SMILES string of the molecule is CONC(=O)C1=C[C@@H]2C[C@@H](c3ccc(OC)c(OC4CCCC4)c3)C[C@@H]2C1. The number of carbonyl (C=O) groups is 1. The maximum atomic E-state index is 12.0. The lowest BCUT2D eigenvalue weighted by molar-refractivity contribution is -0.127. The smallest absolute Gasteiger partial charge is 0.270 e. The zero-order chi connectivity index (χ0) is 18.8. The third-order valence-corrected chi connectivity index (χ3v) is 6.39. The van der Waals surface area contributed by atoms with E-state index in [0.29, 0.717) is 23.9 Å². The summed E-state index contributed by atoms with van der Waals surface area (Å²) < 4.78 is 11.8. The number of rotatable bonds is 6. The highest BCUT2D eigenvalue weighted by atomic mass is 16.6. The molecule has 3 aliphatic rings. The fourth-order valence-electron chi connectivity index (χ4n) is 5.03. The average molecular weight is 371 g/mol. The Hall–Kier alpha value is -2.01. The fraction of sp³-hybridized carbons (Fsp3) is 0.591. The van der Waals surface area contributed by atoms with Crippen molar-refractivity contribution >= 4 is 5.91 Å². The molecular formula is C22H29NO4. The predicted molar refractivity (Wildman–Crippen MR) is 103 cm³/mol. The number of nitrogens with one attached hydrogen (secondary N) is 1. The van der Waals surface area contributed by atoms with Gasteiger partial charge in [0, 0.05) is 5.57 Å². The highest BCUT2D eigenvalue weighted by molar-refractivity contribution is 5.93. The second-order valence-corrected chi connectivity index (χ2v) is 8.06. The predicted octanol–water partition coefficient (Wildman–Crippen LogP) is 4.13. The van der Waals surface area contributed by atoms with Crippen LogP contribution >= 0.6 is 0 Å². The molecule has 3 atom stereocenters. The number of hydroxylamine groups is 1. The van der Waals surface area contributed by atoms with Crippen molar-refractivity contribution in [3.05, 3.63) is 35.4 Å². The maximum absolute atomic E-state index is 12.0. The van der Waals surface area contributed by atoms with E-state index in [2.05, 4.69) is 23.7 Å². The number of ether oxygens (including phenoxy) is 2. The van der Waals surface area contributed by atoms with Crippen molar-refractivity contribution in [2.45, 2.75) is 57.0 Å². The molecule has 0 bridgehead atoms. The molecule has 0 aliphatic heterocycles. The monoisotopic (exact) mass is 371 g/mol. The van der Waals surface area contributed by atoms with Crippen molar-refractivity contribution in [2.24, 2.45) is 11.8 Å². The van der Waals surface area contributed by atoms with Gasteiger partial charge in [-0.2, -0.15) is 0 Å². The lowest BCUT2D eigenvalue weighted by Crippen LogP contribution is -2.23. The number of amides is 1. The molecule has 3 aliphatic carbocycles. The highest BCUT2D eigenvalue weighted by Gasteiger charge is 2.39. The van der Waals surface area contributed by atoms with Crippen LogP contribution in [0.15, 0.2) is 29.8 Å². The Bertz CT molecular complexity index is 723. The van der Waals surface area contributed by atoms with Gasteiger partial charge in [0.25, 0.3) is 5.91 Å². The number of methoxy groups -OCH3 is 1. The number of hydrogen-bond donors (Lipinski definition) is 1. The topological polar surface area (TPSA) is 56.8 Å². The minimum atomic E-state index is -0.0971. The fourth-order valence-corrected chi connectivity index (χ4v) is 5.03. The molecule has 0 saturated heterocycles. The summed E-state index contributed by atoms with van der Waals surface area (Å²) in [4.78, 5) is 16.7. The second-order valence-electron chi connectivity index (χ2n) is 8.06. The van der Waals surface area contributed by atoms with Crippen LogP contribution in [0.3, 0.4) is 0 Å². The van der Waals surface area contributed by atoms with Gasteiger partial charge >= 0.3 is 0 Å². The zero-order valence-electron chi connectivity index (χ0n) is 16.2. The largest absolute Gasteiger partial charge is 0.493 e. The Morgan fingerprint density at radius 2 is 1.93 bits per heavy atom. The van der Waals surface area contributed by atoms with Crippen molar-refractivity contribution in [3.63, 3.8) is 0 Å². The van der Waals surface area contributed by atoms with E-state index in [1.165, 1.54) is 25.5 Å². The lowest BCUT2D eigenvalue weighted by Gasteiger charge is -2.19. The van der Waals surface area contributed by atoms with Crippen LogP contribution < -0.4 is 15.0 Å². The summed E-state index contributed by atoms with van der Waals surface area (Å²) in [6.45, 7) is 0. The highest BCUT2D eigenvalue weighted by Crippen LogP contribution is 2.50. The van der Waals surface area contributed by atoms with Gasteiger partial charge in [-0.05, 0) is 80.4 Å². The summed E-state index contributed by atoms with van der Waals surface area (Å²) in [6.07, 6.45) is 10.3. The summed E-state index contributed by atoms with van der Waals surface area (Å²) in [5.74, 6) is 3.15. The molecule has 146 valence electrons. The van der Waals surface area contributed by atoms with Gasteiger partial charge in [-0.3, -0.25) is 9.63 Å². The van der Waals surface area contributed by atoms with Crippen molar-refractivity contribution in [1.29, 1.82) is 0 Å². The van der Waals surface area contributed by atoms with Crippen LogP contribution in [0.5, 0.6) is 11.5 Å². The van der Waals surface area contributed by atoms with E-state index in [1.54, 1.807) is 7.11 Å². The number of hydrogen-bond acceptors (Lipinski definition) is 4. The summed E-state index contributed by atoms with van der Waals surface area (Å²) in [5.41, 5.74) is 4.63. The first-order chi connectivity index (χ1) is 13.2. The molecule has 27 heavy (non-hydrogen) atoms. The van der Waals surface area contributed by atoms with E-state index in [-0.39, 0.29) is 5.91 Å². The standard InChI is InChI=1S/C22H29NO4/c1-25-20-8-7-14(13-21(20)27-19-5-3-4-6-19)15-9-16-11-18(12-17(16)10-15)22(24)23-26-2/h7-8,11,13,15-17,19H,3-6,9-10,12H2,1-2H3,(H,23,24)/t15-,16+,17-/m1/s1. The Morgan fingerprint density at radius 3 is 2.63 bits per heavy atom. The van der Waals surface area contributed by atoms with Crippen LogP contribution in [0.4, 0.5) is 0 Å². The Morgan fingerprint density at radius 1 is 1.11 bits per heavy atom. The third-order valence-electron chi connectivity index (χ3n) is 6.39. The van der Waals surface area contributed by atoms with E-state index in [4.69, 9.17) is 14.3 Å². The molecule has 5 heteroatoms. The van der Waals surface area contributed by atoms with Crippen LogP contribution in [0, 0.1) is 11.8 Å². The molecule has 2 saturated carbocycles. The molecule has 0 unspecified atom stereocenters. The van der Waals surface area contributed by atoms with Gasteiger partial charge in [-0.25, -0.2) is 5.48 Å². The molecular weight excluding hydrogens is 342 g/mol. The van der Waals surface area contributed by atoms with Gasteiger partial charge < -0.3 is 9.47 Å². The average Bonchev–Trinajstić information content (AvgIpc) is 3.38. The van der Waals surface area contributed by atoms with Crippen LogP contribution in [-0.4, -0.2) is 26.2 Å². The molecule has 5 nitrogen and oxygen atoms in total. The molecule has 1 aromatic carbocycles. The van der Waals surface area contributed by atoms with Gasteiger partial charge in [0.1, 0.15) is 0 Å². The van der Waals surface area contributed by atoms with Crippen LogP contribution in [0.25, 0.3) is 0 Å². The van der Waals surface area contributed by atoms with Crippen molar-refractivity contribution < 1.29 is 19.1 Å². The Balaban J connectivity index is 1.46. The minimum absolute atomic E-state index is 0.0971. The van der Waals surface area contributed by atoms with Gasteiger partial charge in [0.05, 0.1) is 20.3 Å². The van der Waals surface area contributed by atoms with Gasteiger partial charge in [0.15, 0.2) is 11.5 Å². The van der Waals surface area contributed by atoms with E-state index in [9.17, 15) is 4.79 Å². The molecule has 1 N–H and O–H groups in total. The lowest BCUT2D eigenvalue weighted by atomic mass is 9.94. The van der Waals surface area contributed by atoms with Crippen LogP contribution in [-0.2, 0) is 9.63 Å². The summed E-state index contributed by atoms with van der Waals surface area (Å²) >= 11 is 0. The maximum Gasteiger partial charge on any atom is 0.270 e. The Kier molecular flexibility index (Phi) is 5.39. The van der Waals surface area contributed by atoms with Crippen molar-refractivity contribution in [1.82, 2.24) is 5.48 Å². The van der Waals surface area contributed by atoms with Gasteiger partial charge in [-0.15, -0.1) is 0 Å². The quantitative estimate of drug-likeness (QED) is 0.764. The van der Waals surface area contributed by atoms with E-state index in [1.807, 2.05) is 6.07 Å². The molecule has 0 radical (unpaired) electrons. The first kappa shape index (κ1) is 18.4.